The summed E-state index contributed by atoms with van der Waals surface area (Å²) in [7, 11) is 5.77. The van der Waals surface area contributed by atoms with Crippen molar-refractivity contribution in [2.75, 3.05) is 27.7 Å². The van der Waals surface area contributed by atoms with E-state index in [1.807, 2.05) is 48.5 Å². The molecule has 144 valence electrons. The van der Waals surface area contributed by atoms with Crippen LogP contribution in [0.25, 0.3) is 6.08 Å². The molecule has 0 saturated heterocycles. The van der Waals surface area contributed by atoms with Gasteiger partial charge in [-0.2, -0.15) is 0 Å². The molecule has 2 aromatic rings. The highest BCUT2D eigenvalue weighted by Gasteiger charge is 2.45. The van der Waals surface area contributed by atoms with Crippen LogP contribution in [0.3, 0.4) is 0 Å². The number of nitrogens with zero attached hydrogens (tertiary/aromatic N) is 1. The van der Waals surface area contributed by atoms with Gasteiger partial charge in [-0.25, -0.2) is 0 Å². The first-order valence-electron chi connectivity index (χ1n) is 9.42. The summed E-state index contributed by atoms with van der Waals surface area (Å²) in [5.74, 6) is 0.823. The van der Waals surface area contributed by atoms with Crippen LogP contribution in [0.1, 0.15) is 30.4 Å². The van der Waals surface area contributed by atoms with E-state index in [4.69, 9.17) is 16.3 Å². The Hall–Kier alpha value is -1.81. The summed E-state index contributed by atoms with van der Waals surface area (Å²) in [6.07, 6.45) is 5.02. The number of benzene rings is 2. The van der Waals surface area contributed by atoms with E-state index in [0.29, 0.717) is 5.02 Å². The van der Waals surface area contributed by atoms with E-state index in [1.54, 1.807) is 7.11 Å². The Bertz CT molecular complexity index is 800. The number of hydrogen-bond donors (Lipinski definition) is 1. The summed E-state index contributed by atoms with van der Waals surface area (Å²) >= 11 is 6.03. The van der Waals surface area contributed by atoms with Crippen LogP contribution in [-0.2, 0) is 5.60 Å². The Kier molecular flexibility index (Phi) is 6.25. The number of hydrogen-bond acceptors (Lipinski definition) is 3. The van der Waals surface area contributed by atoms with Crippen molar-refractivity contribution < 1.29 is 9.84 Å². The fraction of sp³-hybridized carbons (Fsp3) is 0.391. The molecule has 1 N–H and O–H groups in total. The maximum absolute atomic E-state index is 12.1. The molecule has 0 spiro atoms. The number of halogens is 1. The van der Waals surface area contributed by atoms with Gasteiger partial charge in [-0.1, -0.05) is 48.0 Å². The van der Waals surface area contributed by atoms with Crippen molar-refractivity contribution in [3.63, 3.8) is 0 Å². The van der Waals surface area contributed by atoms with E-state index in [1.165, 1.54) is 0 Å². The monoisotopic (exact) mass is 385 g/mol. The van der Waals surface area contributed by atoms with Crippen LogP contribution < -0.4 is 4.74 Å². The van der Waals surface area contributed by atoms with Crippen molar-refractivity contribution in [1.82, 2.24) is 4.90 Å². The lowest BCUT2D eigenvalue weighted by Gasteiger charge is -2.44. The van der Waals surface area contributed by atoms with Gasteiger partial charge in [0.1, 0.15) is 11.4 Å². The lowest BCUT2D eigenvalue weighted by atomic mass is 9.67. The molecule has 0 heterocycles. The molecule has 0 radical (unpaired) electrons. The average Bonchev–Trinajstić information content (AvgIpc) is 2.66. The molecule has 1 fully saturated rings. The van der Waals surface area contributed by atoms with Crippen molar-refractivity contribution in [2.45, 2.75) is 24.9 Å². The van der Waals surface area contributed by atoms with Crippen molar-refractivity contribution in [3.8, 4) is 5.75 Å². The van der Waals surface area contributed by atoms with E-state index in [9.17, 15) is 5.11 Å². The maximum Gasteiger partial charge on any atom is 0.125 e. The summed E-state index contributed by atoms with van der Waals surface area (Å²) in [6, 6.07) is 15.6. The van der Waals surface area contributed by atoms with Crippen LogP contribution in [0, 0.1) is 5.92 Å². The summed E-state index contributed by atoms with van der Waals surface area (Å²) < 4.78 is 5.61. The molecule has 27 heavy (non-hydrogen) atoms. The normalized spacial score (nSPS) is 24.4. The fourth-order valence-electron chi connectivity index (χ4n) is 4.16. The topological polar surface area (TPSA) is 32.7 Å². The minimum absolute atomic E-state index is 0.0936. The van der Waals surface area contributed by atoms with Crippen LogP contribution in [0.2, 0.25) is 5.02 Å². The van der Waals surface area contributed by atoms with Crippen LogP contribution in [0.5, 0.6) is 5.75 Å². The van der Waals surface area contributed by atoms with Crippen LogP contribution in [0.15, 0.2) is 54.1 Å². The van der Waals surface area contributed by atoms with Gasteiger partial charge < -0.3 is 14.7 Å². The molecular formula is C23H28ClNO2. The average molecular weight is 386 g/mol. The predicted molar refractivity (Wildman–Crippen MR) is 112 cm³/mol. The van der Waals surface area contributed by atoms with Crippen LogP contribution in [0.4, 0.5) is 0 Å². The zero-order valence-corrected chi connectivity index (χ0v) is 17.0. The smallest absolute Gasteiger partial charge is 0.125 e. The van der Waals surface area contributed by atoms with Gasteiger partial charge in [-0.3, -0.25) is 0 Å². The SMILES string of the molecule is COc1ccccc1C1(O)C(=Cc2ccc(Cl)cc2)CCCC1CN(C)C. The molecule has 1 saturated carbocycles. The zero-order chi connectivity index (χ0) is 19.4. The van der Waals surface area contributed by atoms with E-state index in [0.717, 1.165) is 48.3 Å². The quantitative estimate of drug-likeness (QED) is 0.787. The molecule has 0 aliphatic heterocycles. The van der Waals surface area contributed by atoms with Crippen molar-refractivity contribution >= 4 is 17.7 Å². The molecular weight excluding hydrogens is 358 g/mol. The minimum atomic E-state index is -1.06. The molecule has 4 heteroatoms. The minimum Gasteiger partial charge on any atom is -0.496 e. The first kappa shape index (κ1) is 19.9. The second-order valence-corrected chi connectivity index (χ2v) is 7.98. The molecule has 2 unspecified atom stereocenters. The highest BCUT2D eigenvalue weighted by atomic mass is 35.5. The first-order chi connectivity index (χ1) is 12.9. The van der Waals surface area contributed by atoms with Crippen LogP contribution >= 0.6 is 11.6 Å². The Morgan fingerprint density at radius 1 is 1.19 bits per heavy atom. The highest BCUT2D eigenvalue weighted by Crippen LogP contribution is 2.49. The van der Waals surface area contributed by atoms with Crippen molar-refractivity contribution in [3.05, 3.63) is 70.3 Å². The lowest BCUT2D eigenvalue weighted by Crippen LogP contribution is -2.44. The van der Waals surface area contributed by atoms with Crippen molar-refractivity contribution in [1.29, 1.82) is 0 Å². The van der Waals surface area contributed by atoms with Gasteiger partial charge in [-0.15, -0.1) is 0 Å². The third-order valence-corrected chi connectivity index (χ3v) is 5.65. The molecule has 0 aromatic heterocycles. The number of aliphatic hydroxyl groups is 1. The molecule has 3 rings (SSSR count). The lowest BCUT2D eigenvalue weighted by molar-refractivity contribution is -0.0190. The Labute approximate surface area is 167 Å². The molecule has 2 aromatic carbocycles. The fourth-order valence-corrected chi connectivity index (χ4v) is 4.29. The van der Waals surface area contributed by atoms with Crippen molar-refractivity contribution in [2.24, 2.45) is 5.92 Å². The largest absolute Gasteiger partial charge is 0.496 e. The Morgan fingerprint density at radius 2 is 1.89 bits per heavy atom. The summed E-state index contributed by atoms with van der Waals surface area (Å²) in [4.78, 5) is 2.15. The second kappa shape index (κ2) is 8.47. The van der Waals surface area contributed by atoms with E-state index >= 15 is 0 Å². The van der Waals surface area contributed by atoms with Gasteiger partial charge >= 0.3 is 0 Å². The second-order valence-electron chi connectivity index (χ2n) is 7.54. The van der Waals surface area contributed by atoms with Gasteiger partial charge in [0.25, 0.3) is 0 Å². The van der Waals surface area contributed by atoms with Gasteiger partial charge in [0.2, 0.25) is 0 Å². The number of para-hydroxylation sites is 1. The molecule has 1 aliphatic carbocycles. The van der Waals surface area contributed by atoms with Gasteiger partial charge in [0.15, 0.2) is 0 Å². The van der Waals surface area contributed by atoms with Crippen LogP contribution in [-0.4, -0.2) is 37.8 Å². The van der Waals surface area contributed by atoms with E-state index < -0.39 is 5.60 Å². The van der Waals surface area contributed by atoms with E-state index in [-0.39, 0.29) is 5.92 Å². The zero-order valence-electron chi connectivity index (χ0n) is 16.3. The molecule has 0 bridgehead atoms. The predicted octanol–water partition coefficient (Wildman–Crippen LogP) is 4.98. The first-order valence-corrected chi connectivity index (χ1v) is 9.80. The third kappa shape index (κ3) is 4.21. The highest BCUT2D eigenvalue weighted by molar-refractivity contribution is 6.30. The Balaban J connectivity index is 2.13. The summed E-state index contributed by atoms with van der Waals surface area (Å²) in [5.41, 5.74) is 1.87. The molecule has 1 aliphatic rings. The summed E-state index contributed by atoms with van der Waals surface area (Å²) in [5, 5.41) is 12.9. The summed E-state index contributed by atoms with van der Waals surface area (Å²) in [6.45, 7) is 0.812. The standard InChI is InChI=1S/C23H28ClNO2/c1-25(2)16-19-8-6-7-18(15-17-11-13-20(24)14-12-17)23(19,26)21-9-4-5-10-22(21)27-3/h4-5,9-15,19,26H,6-8,16H2,1-3H3. The number of methoxy groups -OCH3 is 1. The van der Waals surface area contributed by atoms with E-state index in [2.05, 4.69) is 25.1 Å². The third-order valence-electron chi connectivity index (χ3n) is 5.39. The molecule has 0 amide bonds. The van der Waals surface area contributed by atoms with Gasteiger partial charge in [-0.05, 0) is 62.7 Å². The van der Waals surface area contributed by atoms with Gasteiger partial charge in [0.05, 0.1) is 7.11 Å². The maximum atomic E-state index is 12.1. The van der Waals surface area contributed by atoms with Gasteiger partial charge in [0, 0.05) is 23.0 Å². The number of ether oxygens (including phenoxy) is 1. The Morgan fingerprint density at radius 3 is 2.56 bits per heavy atom. The molecule has 3 nitrogen and oxygen atoms in total. The molecule has 2 atom stereocenters. The number of rotatable bonds is 5.